The second kappa shape index (κ2) is 6.51. The van der Waals surface area contributed by atoms with E-state index in [1.807, 2.05) is 0 Å². The van der Waals surface area contributed by atoms with E-state index >= 15 is 0 Å². The van der Waals surface area contributed by atoms with Crippen LogP contribution < -0.4 is 10.1 Å². The number of ether oxygens (including phenoxy) is 1. The maximum atomic E-state index is 12.0. The average molecular weight is 265 g/mol. The molecule has 96 valence electrons. The largest absolute Gasteiger partial charge is 0.433 e. The van der Waals surface area contributed by atoms with Crippen LogP contribution in [0.15, 0.2) is 11.4 Å². The first kappa shape index (κ1) is 13.9. The Kier molecular flexibility index (Phi) is 5.30. The number of aliphatic hydroxyl groups excluding tert-OH is 1. The number of amides is 1. The number of hydrogen-bond donors (Lipinski definition) is 2. The summed E-state index contributed by atoms with van der Waals surface area (Å²) in [5.74, 6) is -0.687. The SMILES string of the molecule is CC(CO)CNC(=O)c1sccc1OC(F)F. The molecule has 0 aliphatic carbocycles. The predicted molar refractivity (Wildman–Crippen MR) is 59.5 cm³/mol. The molecule has 0 saturated heterocycles. The Hall–Kier alpha value is -1.21. The topological polar surface area (TPSA) is 58.6 Å². The molecule has 1 amide bonds. The number of hydrogen-bond acceptors (Lipinski definition) is 4. The molecule has 0 saturated carbocycles. The molecule has 1 atom stereocenters. The first-order valence-electron chi connectivity index (χ1n) is 4.96. The minimum atomic E-state index is -2.95. The van der Waals surface area contributed by atoms with Crippen molar-refractivity contribution in [2.75, 3.05) is 13.2 Å². The second-order valence-corrected chi connectivity index (χ2v) is 4.41. The lowest BCUT2D eigenvalue weighted by molar-refractivity contribution is -0.0498. The first-order chi connectivity index (χ1) is 8.04. The van der Waals surface area contributed by atoms with Gasteiger partial charge in [0.05, 0.1) is 0 Å². The van der Waals surface area contributed by atoms with Gasteiger partial charge in [-0.2, -0.15) is 8.78 Å². The zero-order chi connectivity index (χ0) is 12.8. The minimum Gasteiger partial charge on any atom is -0.433 e. The third-order valence-electron chi connectivity index (χ3n) is 1.97. The Morgan fingerprint density at radius 1 is 1.65 bits per heavy atom. The van der Waals surface area contributed by atoms with Crippen LogP contribution in [0.3, 0.4) is 0 Å². The van der Waals surface area contributed by atoms with Crippen LogP contribution in [0.2, 0.25) is 0 Å². The van der Waals surface area contributed by atoms with Crippen molar-refractivity contribution in [3.63, 3.8) is 0 Å². The van der Waals surface area contributed by atoms with Crippen molar-refractivity contribution < 1.29 is 23.4 Å². The number of halogens is 2. The van der Waals surface area contributed by atoms with Crippen molar-refractivity contribution >= 4 is 17.2 Å². The van der Waals surface area contributed by atoms with E-state index in [0.717, 1.165) is 11.3 Å². The normalized spacial score (nSPS) is 12.5. The van der Waals surface area contributed by atoms with Crippen molar-refractivity contribution in [3.05, 3.63) is 16.3 Å². The summed E-state index contributed by atoms with van der Waals surface area (Å²) in [6.07, 6.45) is 0. The van der Waals surface area contributed by atoms with Crippen LogP contribution in [-0.4, -0.2) is 30.8 Å². The van der Waals surface area contributed by atoms with Gasteiger partial charge in [0, 0.05) is 13.2 Å². The molecule has 0 radical (unpaired) electrons. The molecule has 1 aromatic rings. The van der Waals surface area contributed by atoms with E-state index in [2.05, 4.69) is 10.1 Å². The van der Waals surface area contributed by atoms with Gasteiger partial charge in [0.1, 0.15) is 10.6 Å². The van der Waals surface area contributed by atoms with Gasteiger partial charge in [-0.15, -0.1) is 11.3 Å². The van der Waals surface area contributed by atoms with Gasteiger partial charge in [-0.05, 0) is 17.4 Å². The Labute approximate surface area is 101 Å². The molecule has 1 rings (SSSR count). The smallest absolute Gasteiger partial charge is 0.387 e. The molecular weight excluding hydrogens is 252 g/mol. The standard InChI is InChI=1S/C10H13F2NO3S/c1-6(5-14)4-13-9(15)8-7(2-3-17-8)16-10(11)12/h2-3,6,10,14H,4-5H2,1H3,(H,13,15). The summed E-state index contributed by atoms with van der Waals surface area (Å²) in [6.45, 7) is -0.968. The molecule has 17 heavy (non-hydrogen) atoms. The van der Waals surface area contributed by atoms with Crippen LogP contribution >= 0.6 is 11.3 Å². The first-order valence-corrected chi connectivity index (χ1v) is 5.84. The van der Waals surface area contributed by atoms with E-state index in [9.17, 15) is 13.6 Å². The van der Waals surface area contributed by atoms with Crippen LogP contribution in [0.1, 0.15) is 16.6 Å². The van der Waals surface area contributed by atoms with Gasteiger partial charge in [0.2, 0.25) is 0 Å². The third-order valence-corrected chi connectivity index (χ3v) is 2.87. The van der Waals surface area contributed by atoms with Crippen molar-refractivity contribution in [2.24, 2.45) is 5.92 Å². The quantitative estimate of drug-likeness (QED) is 0.823. The Morgan fingerprint density at radius 3 is 2.94 bits per heavy atom. The Balaban J connectivity index is 2.59. The average Bonchev–Trinajstić information content (AvgIpc) is 2.72. The molecule has 2 N–H and O–H groups in total. The summed E-state index contributed by atoms with van der Waals surface area (Å²) >= 11 is 1.03. The number of rotatable bonds is 6. The van der Waals surface area contributed by atoms with E-state index < -0.39 is 12.5 Å². The summed E-state index contributed by atoms with van der Waals surface area (Å²) in [6, 6.07) is 1.32. The summed E-state index contributed by atoms with van der Waals surface area (Å²) < 4.78 is 28.3. The van der Waals surface area contributed by atoms with Crippen LogP contribution in [0.5, 0.6) is 5.75 Å². The van der Waals surface area contributed by atoms with Crippen LogP contribution in [0, 0.1) is 5.92 Å². The zero-order valence-electron chi connectivity index (χ0n) is 9.15. The lowest BCUT2D eigenvalue weighted by atomic mass is 10.2. The van der Waals surface area contributed by atoms with Crippen LogP contribution in [0.25, 0.3) is 0 Å². The van der Waals surface area contributed by atoms with Gasteiger partial charge in [0.25, 0.3) is 5.91 Å². The summed E-state index contributed by atoms with van der Waals surface area (Å²) in [7, 11) is 0. The minimum absolute atomic E-state index is 0.0505. The third kappa shape index (κ3) is 4.27. The number of carbonyl (C=O) groups excluding carboxylic acids is 1. The molecule has 1 aromatic heterocycles. The molecule has 0 spiro atoms. The molecular formula is C10H13F2NO3S. The van der Waals surface area contributed by atoms with Crippen molar-refractivity contribution in [1.82, 2.24) is 5.32 Å². The Bertz CT molecular complexity index is 370. The molecule has 0 fully saturated rings. The Morgan fingerprint density at radius 2 is 2.35 bits per heavy atom. The van der Waals surface area contributed by atoms with E-state index in [4.69, 9.17) is 5.11 Å². The van der Waals surface area contributed by atoms with Gasteiger partial charge in [-0.3, -0.25) is 4.79 Å². The molecule has 0 aromatic carbocycles. The van der Waals surface area contributed by atoms with Gasteiger partial charge in [0.15, 0.2) is 0 Å². The van der Waals surface area contributed by atoms with Gasteiger partial charge < -0.3 is 15.2 Å². The highest BCUT2D eigenvalue weighted by Gasteiger charge is 2.17. The van der Waals surface area contributed by atoms with Gasteiger partial charge in [-0.25, -0.2) is 0 Å². The molecule has 7 heteroatoms. The molecule has 0 aliphatic rings. The zero-order valence-corrected chi connectivity index (χ0v) is 9.97. The fraction of sp³-hybridized carbons (Fsp3) is 0.500. The lowest BCUT2D eigenvalue weighted by Gasteiger charge is -2.10. The fourth-order valence-electron chi connectivity index (χ4n) is 1.06. The molecule has 0 aliphatic heterocycles. The van der Waals surface area contributed by atoms with Crippen molar-refractivity contribution in [1.29, 1.82) is 0 Å². The fourth-order valence-corrected chi connectivity index (χ4v) is 1.80. The van der Waals surface area contributed by atoms with Crippen molar-refractivity contribution in [2.45, 2.75) is 13.5 Å². The maximum absolute atomic E-state index is 12.0. The highest BCUT2D eigenvalue weighted by molar-refractivity contribution is 7.12. The maximum Gasteiger partial charge on any atom is 0.387 e. The van der Waals surface area contributed by atoms with E-state index in [-0.39, 0.29) is 29.7 Å². The second-order valence-electron chi connectivity index (χ2n) is 3.49. The highest BCUT2D eigenvalue weighted by Crippen LogP contribution is 2.26. The molecule has 4 nitrogen and oxygen atoms in total. The summed E-state index contributed by atoms with van der Waals surface area (Å²) in [4.78, 5) is 11.7. The summed E-state index contributed by atoms with van der Waals surface area (Å²) in [5.41, 5.74) is 0. The number of aliphatic hydroxyl groups is 1. The molecule has 1 heterocycles. The monoisotopic (exact) mass is 265 g/mol. The van der Waals surface area contributed by atoms with Crippen LogP contribution in [0.4, 0.5) is 8.78 Å². The molecule has 1 unspecified atom stereocenters. The van der Waals surface area contributed by atoms with E-state index in [0.29, 0.717) is 0 Å². The predicted octanol–water partition coefficient (Wildman–Crippen LogP) is 1.71. The van der Waals surface area contributed by atoms with E-state index in [1.165, 1.54) is 11.4 Å². The lowest BCUT2D eigenvalue weighted by Crippen LogP contribution is -2.29. The highest BCUT2D eigenvalue weighted by atomic mass is 32.1. The summed E-state index contributed by atoms with van der Waals surface area (Å²) in [5, 5.41) is 12.8. The number of nitrogens with one attached hydrogen (secondary N) is 1. The van der Waals surface area contributed by atoms with Crippen LogP contribution in [-0.2, 0) is 0 Å². The van der Waals surface area contributed by atoms with E-state index in [1.54, 1.807) is 6.92 Å². The number of carbonyl (C=O) groups is 1. The molecule has 0 bridgehead atoms. The van der Waals surface area contributed by atoms with Gasteiger partial charge in [-0.1, -0.05) is 6.92 Å². The number of thiophene rings is 1. The van der Waals surface area contributed by atoms with Crippen molar-refractivity contribution in [3.8, 4) is 5.75 Å². The van der Waals surface area contributed by atoms with Gasteiger partial charge >= 0.3 is 6.61 Å². The number of alkyl halides is 2.